The lowest BCUT2D eigenvalue weighted by atomic mass is 10.1. The lowest BCUT2D eigenvalue weighted by Crippen LogP contribution is -2.19. The fourth-order valence-corrected chi connectivity index (χ4v) is 5.88. The smallest absolute Gasteiger partial charge is 0.228 e. The highest BCUT2D eigenvalue weighted by molar-refractivity contribution is 8.03. The van der Waals surface area contributed by atoms with Crippen molar-refractivity contribution in [2.45, 2.75) is 104 Å². The molecule has 0 aliphatic carbocycles. The lowest BCUT2D eigenvalue weighted by molar-refractivity contribution is -0.115. The lowest BCUT2D eigenvalue weighted by Gasteiger charge is -2.18. The van der Waals surface area contributed by atoms with E-state index >= 15 is 0 Å². The first-order chi connectivity index (χ1) is 19.6. The third kappa shape index (κ3) is 11.5. The summed E-state index contributed by atoms with van der Waals surface area (Å²) in [6.45, 7) is 5.81. The normalized spacial score (nSPS) is 12.9. The van der Waals surface area contributed by atoms with Crippen LogP contribution in [0.4, 0.5) is 5.69 Å². The fourth-order valence-electron chi connectivity index (χ4n) is 5.12. The minimum Gasteiger partial charge on any atom is -0.493 e. The van der Waals surface area contributed by atoms with Crippen LogP contribution in [0.3, 0.4) is 0 Å². The Labute approximate surface area is 247 Å². The van der Waals surface area contributed by atoms with Crippen LogP contribution >= 0.6 is 11.8 Å². The number of para-hydroxylation sites is 2. The highest BCUT2D eigenvalue weighted by Crippen LogP contribution is 2.32. The van der Waals surface area contributed by atoms with Crippen LogP contribution < -0.4 is 14.8 Å². The Bertz CT molecular complexity index is 1060. The number of unbranched alkanes of at least 4 members (excludes halogenated alkanes) is 11. The molecule has 5 nitrogen and oxygen atoms in total. The molecule has 1 aliphatic rings. The van der Waals surface area contributed by atoms with Crippen LogP contribution in [-0.2, 0) is 17.8 Å². The highest BCUT2D eigenvalue weighted by Gasteiger charge is 2.16. The van der Waals surface area contributed by atoms with E-state index in [2.05, 4.69) is 36.3 Å². The number of methoxy groups -OCH3 is 1. The molecule has 1 aliphatic heterocycles. The molecule has 1 amide bonds. The number of hydrogen-bond acceptors (Lipinski definition) is 5. The highest BCUT2D eigenvalue weighted by atomic mass is 32.2. The Hall–Kier alpha value is -2.60. The molecule has 0 saturated carbocycles. The maximum atomic E-state index is 13.1. The Balaban J connectivity index is 1.42. The van der Waals surface area contributed by atoms with Crippen LogP contribution in [0.1, 0.15) is 102 Å². The molecule has 0 radical (unpaired) electrons. The Kier molecular flexibility index (Phi) is 14.9. The molecule has 2 aromatic carbocycles. The first kappa shape index (κ1) is 31.9. The number of benzene rings is 2. The summed E-state index contributed by atoms with van der Waals surface area (Å²) in [7, 11) is 1.65. The summed E-state index contributed by atoms with van der Waals surface area (Å²) in [5.74, 6) is 2.25. The zero-order valence-corrected chi connectivity index (χ0v) is 25.8. The van der Waals surface area contributed by atoms with Gasteiger partial charge in [-0.05, 0) is 35.9 Å². The van der Waals surface area contributed by atoms with Crippen molar-refractivity contribution in [3.63, 3.8) is 0 Å². The van der Waals surface area contributed by atoms with E-state index in [9.17, 15) is 4.79 Å². The van der Waals surface area contributed by atoms with Crippen LogP contribution in [0, 0.1) is 0 Å². The van der Waals surface area contributed by atoms with Gasteiger partial charge in [-0.2, -0.15) is 0 Å². The average Bonchev–Trinajstić information content (AvgIpc) is 3.37. The minimum atomic E-state index is -0.0570. The maximum Gasteiger partial charge on any atom is 0.228 e. The molecule has 0 saturated heterocycles. The summed E-state index contributed by atoms with van der Waals surface area (Å²) in [6, 6.07) is 13.8. The average molecular weight is 567 g/mol. The van der Waals surface area contributed by atoms with E-state index < -0.39 is 0 Å². The number of carbonyl (C=O) groups is 1. The van der Waals surface area contributed by atoms with Crippen molar-refractivity contribution in [2.24, 2.45) is 0 Å². The van der Waals surface area contributed by atoms with E-state index in [1.807, 2.05) is 48.2 Å². The van der Waals surface area contributed by atoms with E-state index in [1.54, 1.807) is 7.11 Å². The number of hydrogen-bond donors (Lipinski definition) is 1. The van der Waals surface area contributed by atoms with Gasteiger partial charge in [0.15, 0.2) is 11.5 Å². The molecular formula is C34H50N2O3S. The van der Waals surface area contributed by atoms with E-state index in [0.29, 0.717) is 18.1 Å². The molecule has 0 atom stereocenters. The van der Waals surface area contributed by atoms with Crippen LogP contribution in [0.15, 0.2) is 53.6 Å². The van der Waals surface area contributed by atoms with E-state index in [0.717, 1.165) is 35.7 Å². The Morgan fingerprint density at radius 3 is 2.17 bits per heavy atom. The predicted molar refractivity (Wildman–Crippen MR) is 170 cm³/mol. The van der Waals surface area contributed by atoms with Gasteiger partial charge in [0.25, 0.3) is 0 Å². The van der Waals surface area contributed by atoms with Crippen molar-refractivity contribution in [3.8, 4) is 11.5 Å². The van der Waals surface area contributed by atoms with Crippen LogP contribution in [-0.4, -0.2) is 30.4 Å². The molecule has 40 heavy (non-hydrogen) atoms. The topological polar surface area (TPSA) is 50.8 Å². The quantitative estimate of drug-likeness (QED) is 0.162. The minimum absolute atomic E-state index is 0.0570. The molecule has 0 unspecified atom stereocenters. The fraction of sp³-hybridized carbons (Fsp3) is 0.559. The SMILES string of the molecule is CCCCCCCCCCCCCCOc1c(CC(=O)Nc2ccccc2CN2C=C(C)SC2)cccc1OC. The number of ether oxygens (including phenoxy) is 2. The van der Waals surface area contributed by atoms with Crippen molar-refractivity contribution in [3.05, 3.63) is 64.7 Å². The first-order valence-corrected chi connectivity index (χ1v) is 16.3. The van der Waals surface area contributed by atoms with Crippen LogP contribution in [0.5, 0.6) is 11.5 Å². The molecule has 220 valence electrons. The molecular weight excluding hydrogens is 516 g/mol. The number of thioether (sulfide) groups is 1. The second kappa shape index (κ2) is 18.7. The number of allylic oxidation sites excluding steroid dienone is 1. The van der Waals surface area contributed by atoms with Gasteiger partial charge in [0.05, 0.1) is 26.0 Å². The Morgan fingerprint density at radius 2 is 1.52 bits per heavy atom. The molecule has 0 aromatic heterocycles. The van der Waals surface area contributed by atoms with Crippen LogP contribution in [0.25, 0.3) is 0 Å². The van der Waals surface area contributed by atoms with Crippen LogP contribution in [0.2, 0.25) is 0 Å². The van der Waals surface area contributed by atoms with E-state index in [4.69, 9.17) is 9.47 Å². The van der Waals surface area contributed by atoms with Crippen molar-refractivity contribution < 1.29 is 14.3 Å². The third-order valence-corrected chi connectivity index (χ3v) is 8.38. The molecule has 6 heteroatoms. The molecule has 0 spiro atoms. The van der Waals surface area contributed by atoms with Gasteiger partial charge in [-0.1, -0.05) is 108 Å². The first-order valence-electron chi connectivity index (χ1n) is 15.3. The Morgan fingerprint density at radius 1 is 0.875 bits per heavy atom. The number of carbonyl (C=O) groups excluding carboxylic acids is 1. The molecule has 1 N–H and O–H groups in total. The monoisotopic (exact) mass is 566 g/mol. The molecule has 2 aromatic rings. The van der Waals surface area contributed by atoms with Gasteiger partial charge in [-0.15, -0.1) is 11.8 Å². The number of rotatable bonds is 20. The number of nitrogens with zero attached hydrogens (tertiary/aromatic N) is 1. The summed E-state index contributed by atoms with van der Waals surface area (Å²) in [5.41, 5.74) is 2.82. The van der Waals surface area contributed by atoms with Gasteiger partial charge < -0.3 is 19.7 Å². The number of nitrogens with one attached hydrogen (secondary N) is 1. The molecule has 3 rings (SSSR count). The standard InChI is InChI=1S/C34H50N2O3S/c1-4-5-6-7-8-9-10-11-12-13-14-17-23-39-34-29(20-18-22-32(34)38-3)24-33(37)35-31-21-16-15-19-30(31)26-36-25-28(2)40-27-36/h15-16,18-22,25H,4-14,17,23-24,26-27H2,1-3H3,(H,35,37). The van der Waals surface area contributed by atoms with Gasteiger partial charge in [0, 0.05) is 24.0 Å². The van der Waals surface area contributed by atoms with E-state index in [-0.39, 0.29) is 12.3 Å². The largest absolute Gasteiger partial charge is 0.493 e. The van der Waals surface area contributed by atoms with Crippen molar-refractivity contribution in [1.82, 2.24) is 4.90 Å². The van der Waals surface area contributed by atoms with Gasteiger partial charge in [-0.25, -0.2) is 0 Å². The molecule has 1 heterocycles. The summed E-state index contributed by atoms with van der Waals surface area (Å²) < 4.78 is 11.8. The zero-order valence-electron chi connectivity index (χ0n) is 25.0. The van der Waals surface area contributed by atoms with Gasteiger partial charge >= 0.3 is 0 Å². The number of anilines is 1. The van der Waals surface area contributed by atoms with Gasteiger partial charge in [0.2, 0.25) is 5.91 Å². The summed E-state index contributed by atoms with van der Waals surface area (Å²) in [4.78, 5) is 16.7. The van der Waals surface area contributed by atoms with E-state index in [1.165, 1.54) is 75.5 Å². The van der Waals surface area contributed by atoms with Crippen molar-refractivity contribution >= 4 is 23.4 Å². The molecule has 0 bridgehead atoms. The van der Waals surface area contributed by atoms with Gasteiger partial charge in [-0.3, -0.25) is 4.79 Å². The summed E-state index contributed by atoms with van der Waals surface area (Å²) in [6.07, 6.45) is 18.2. The second-order valence-corrected chi connectivity index (χ2v) is 12.0. The van der Waals surface area contributed by atoms with Crippen molar-refractivity contribution in [2.75, 3.05) is 24.9 Å². The van der Waals surface area contributed by atoms with Gasteiger partial charge in [0.1, 0.15) is 0 Å². The predicted octanol–water partition coefficient (Wildman–Crippen LogP) is 9.32. The number of amides is 1. The van der Waals surface area contributed by atoms with Crippen molar-refractivity contribution in [1.29, 1.82) is 0 Å². The maximum absolute atomic E-state index is 13.1. The second-order valence-electron chi connectivity index (χ2n) is 10.8. The molecule has 0 fully saturated rings. The summed E-state index contributed by atoms with van der Waals surface area (Å²) >= 11 is 1.84. The zero-order chi connectivity index (χ0) is 28.4. The third-order valence-electron chi connectivity index (χ3n) is 7.36. The summed E-state index contributed by atoms with van der Waals surface area (Å²) in [5, 5.41) is 3.14.